The maximum Gasteiger partial charge on any atom is 0.315 e. The van der Waals surface area contributed by atoms with Crippen LogP contribution in [-0.4, -0.2) is 34.0 Å². The van der Waals surface area contributed by atoms with E-state index in [4.69, 9.17) is 4.74 Å². The molecule has 2 atom stereocenters. The number of H-pyrrole nitrogens is 1. The Morgan fingerprint density at radius 3 is 2.93 bits per heavy atom. The number of carbonyl (C=O) groups is 1. The lowest BCUT2D eigenvalue weighted by molar-refractivity contribution is -0.145. The zero-order chi connectivity index (χ0) is 21.7. The summed E-state index contributed by atoms with van der Waals surface area (Å²) in [5, 5.41) is 0.481. The minimum Gasteiger partial charge on any atom is -0.461 e. The minimum absolute atomic E-state index is 0.0347. The quantitative estimate of drug-likeness (QED) is 0.221. The molecule has 6 nitrogen and oxygen atoms in total. The van der Waals surface area contributed by atoms with Crippen molar-refractivity contribution in [3.8, 4) is 0 Å². The average molecular weight is 430 g/mol. The summed E-state index contributed by atoms with van der Waals surface area (Å²) in [4.78, 5) is 37.6. The number of nitrogens with one attached hydrogen (secondary N) is 1. The van der Waals surface area contributed by atoms with E-state index in [1.165, 1.54) is 30.0 Å². The number of carbonyl (C=O) groups excluding carboxylic acids is 1. The molecule has 158 valence electrons. The zero-order valence-corrected chi connectivity index (χ0v) is 17.8. The number of fused-ring (bicyclic) bond motifs is 1. The number of aromatic nitrogens is 2. The zero-order valence-electron chi connectivity index (χ0n) is 17.0. The molecule has 8 heteroatoms. The van der Waals surface area contributed by atoms with E-state index in [0.29, 0.717) is 16.4 Å². The van der Waals surface area contributed by atoms with Crippen molar-refractivity contribution in [2.24, 2.45) is 10.9 Å². The molecule has 0 fully saturated rings. The van der Waals surface area contributed by atoms with Crippen molar-refractivity contribution in [3.05, 3.63) is 64.2 Å². The van der Waals surface area contributed by atoms with Gasteiger partial charge >= 0.3 is 5.97 Å². The molecule has 0 amide bonds. The molecule has 30 heavy (non-hydrogen) atoms. The average Bonchev–Trinajstić information content (AvgIpc) is 2.71. The van der Waals surface area contributed by atoms with Crippen molar-refractivity contribution in [2.45, 2.75) is 37.8 Å². The third kappa shape index (κ3) is 4.70. The molecule has 1 aliphatic heterocycles. The van der Waals surface area contributed by atoms with Crippen molar-refractivity contribution in [1.29, 1.82) is 0 Å². The molecule has 0 aliphatic carbocycles. The number of nitrogens with zero attached hydrogens (tertiary/aromatic N) is 2. The Bertz CT molecular complexity index is 1030. The number of benzene rings is 1. The van der Waals surface area contributed by atoms with Crippen molar-refractivity contribution in [1.82, 2.24) is 9.97 Å². The molecular weight excluding hydrogens is 405 g/mol. The van der Waals surface area contributed by atoms with Crippen LogP contribution >= 0.6 is 11.8 Å². The number of hydrogen-bond acceptors (Lipinski definition) is 6. The number of ether oxygens (including phenoxy) is 1. The molecule has 1 aromatic carbocycles. The van der Waals surface area contributed by atoms with E-state index in [-0.39, 0.29) is 23.5 Å². The number of thioether (sulfide) groups is 1. The monoisotopic (exact) mass is 429 g/mol. The van der Waals surface area contributed by atoms with Crippen LogP contribution in [-0.2, 0) is 9.53 Å². The van der Waals surface area contributed by atoms with E-state index in [0.717, 1.165) is 18.6 Å². The van der Waals surface area contributed by atoms with Crippen molar-refractivity contribution < 1.29 is 13.9 Å². The van der Waals surface area contributed by atoms with Gasteiger partial charge in [-0.3, -0.25) is 9.59 Å². The Morgan fingerprint density at radius 2 is 2.23 bits per heavy atom. The fourth-order valence-electron chi connectivity index (χ4n) is 3.44. The summed E-state index contributed by atoms with van der Waals surface area (Å²) in [6, 6.07) is 5.88. The summed E-state index contributed by atoms with van der Waals surface area (Å²) in [5.74, 6) is -1.53. The Morgan fingerprint density at radius 1 is 1.43 bits per heavy atom. The number of aromatic amines is 1. The molecule has 0 radical (unpaired) electrons. The van der Waals surface area contributed by atoms with E-state index in [2.05, 4.69) is 28.5 Å². The van der Waals surface area contributed by atoms with Crippen LogP contribution in [0.15, 0.2) is 51.9 Å². The number of rotatable bonds is 8. The van der Waals surface area contributed by atoms with E-state index in [9.17, 15) is 14.0 Å². The summed E-state index contributed by atoms with van der Waals surface area (Å²) in [7, 11) is 0. The fraction of sp³-hybridized carbons (Fsp3) is 0.364. The fourth-order valence-corrected chi connectivity index (χ4v) is 4.38. The first kappa shape index (κ1) is 22.0. The Labute approximate surface area is 178 Å². The predicted octanol–water partition coefficient (Wildman–Crippen LogP) is 4.38. The minimum atomic E-state index is -0.860. The highest BCUT2D eigenvalue weighted by atomic mass is 32.2. The summed E-state index contributed by atoms with van der Waals surface area (Å²) in [6.45, 7) is 7.37. The van der Waals surface area contributed by atoms with Crippen LogP contribution in [0.3, 0.4) is 0 Å². The van der Waals surface area contributed by atoms with Crippen LogP contribution in [0.4, 0.5) is 10.2 Å². The van der Waals surface area contributed by atoms with E-state index in [1.54, 1.807) is 19.1 Å². The lowest BCUT2D eigenvalue weighted by Crippen LogP contribution is -2.37. The number of aliphatic imine (C=N–C) groups is 1. The second-order valence-corrected chi connectivity index (χ2v) is 8.08. The maximum absolute atomic E-state index is 14.0. The molecule has 2 aromatic rings. The third-order valence-electron chi connectivity index (χ3n) is 4.83. The summed E-state index contributed by atoms with van der Waals surface area (Å²) in [6.07, 6.45) is 3.50. The highest BCUT2D eigenvalue weighted by molar-refractivity contribution is 7.99. The molecule has 0 saturated carbocycles. The lowest BCUT2D eigenvalue weighted by atomic mass is 9.77. The SMILES string of the molecule is C=CCOC(=O)C1C(C)=Nc2nc(SCCCC)[nH]c(=O)c2C1c1cccc(F)c1. The summed E-state index contributed by atoms with van der Waals surface area (Å²) >= 11 is 1.45. The van der Waals surface area contributed by atoms with Crippen molar-refractivity contribution in [3.63, 3.8) is 0 Å². The third-order valence-corrected chi connectivity index (χ3v) is 5.79. The van der Waals surface area contributed by atoms with Crippen LogP contribution in [0.2, 0.25) is 0 Å². The first-order valence-corrected chi connectivity index (χ1v) is 10.8. The van der Waals surface area contributed by atoms with Crippen molar-refractivity contribution >= 4 is 29.3 Å². The van der Waals surface area contributed by atoms with E-state index in [1.807, 2.05) is 0 Å². The summed E-state index contributed by atoms with van der Waals surface area (Å²) in [5.41, 5.74) is 0.816. The van der Waals surface area contributed by atoms with E-state index >= 15 is 0 Å². The van der Waals surface area contributed by atoms with E-state index < -0.39 is 23.6 Å². The lowest BCUT2D eigenvalue weighted by Gasteiger charge is -2.30. The topological polar surface area (TPSA) is 84.4 Å². The summed E-state index contributed by atoms with van der Waals surface area (Å²) < 4.78 is 19.3. The molecule has 0 spiro atoms. The number of hydrogen-bond donors (Lipinski definition) is 1. The molecule has 0 bridgehead atoms. The van der Waals surface area contributed by atoms with Gasteiger partial charge in [-0.25, -0.2) is 14.4 Å². The predicted molar refractivity (Wildman–Crippen MR) is 116 cm³/mol. The maximum atomic E-state index is 14.0. The van der Waals surface area contributed by atoms with Gasteiger partial charge in [-0.2, -0.15) is 0 Å². The van der Waals surface area contributed by atoms with Gasteiger partial charge in [-0.05, 0) is 31.0 Å². The second kappa shape index (κ2) is 9.84. The van der Waals surface area contributed by atoms with Gasteiger partial charge in [0, 0.05) is 17.4 Å². The van der Waals surface area contributed by atoms with Gasteiger partial charge in [0.1, 0.15) is 18.3 Å². The standard InChI is InChI=1S/C22H24FN3O3S/c1-4-6-11-30-22-25-19-18(20(27)26-22)17(14-8-7-9-15(23)12-14)16(13(3)24-19)21(28)29-10-5-2/h5,7-9,12,16-17H,2,4,6,10-11H2,1,3H3,(H,25,26,27). The van der Waals surface area contributed by atoms with Crippen LogP contribution in [0.1, 0.15) is 43.7 Å². The van der Waals surface area contributed by atoms with Crippen LogP contribution < -0.4 is 5.56 Å². The van der Waals surface area contributed by atoms with Crippen LogP contribution in [0.5, 0.6) is 0 Å². The van der Waals surface area contributed by atoms with Gasteiger partial charge in [-0.1, -0.05) is 49.9 Å². The van der Waals surface area contributed by atoms with Crippen LogP contribution in [0, 0.1) is 11.7 Å². The van der Waals surface area contributed by atoms with Crippen molar-refractivity contribution in [2.75, 3.05) is 12.4 Å². The first-order valence-electron chi connectivity index (χ1n) is 9.81. The normalized spacial score (nSPS) is 17.8. The molecule has 1 aromatic heterocycles. The molecule has 0 saturated heterocycles. The second-order valence-electron chi connectivity index (χ2n) is 6.99. The van der Waals surface area contributed by atoms with Gasteiger partial charge in [0.2, 0.25) is 0 Å². The first-order chi connectivity index (χ1) is 14.5. The molecule has 3 rings (SSSR count). The van der Waals surface area contributed by atoms with Gasteiger partial charge in [0.25, 0.3) is 5.56 Å². The van der Waals surface area contributed by atoms with Gasteiger partial charge < -0.3 is 9.72 Å². The van der Waals surface area contributed by atoms with Crippen LogP contribution in [0.25, 0.3) is 0 Å². The molecule has 2 heterocycles. The van der Waals surface area contributed by atoms with Gasteiger partial charge in [-0.15, -0.1) is 0 Å². The highest BCUT2D eigenvalue weighted by Gasteiger charge is 2.41. The Balaban J connectivity index is 2.12. The smallest absolute Gasteiger partial charge is 0.315 e. The number of esters is 1. The largest absolute Gasteiger partial charge is 0.461 e. The number of halogens is 1. The molecule has 2 unspecified atom stereocenters. The van der Waals surface area contributed by atoms with Gasteiger partial charge in [0.15, 0.2) is 11.0 Å². The van der Waals surface area contributed by atoms with Gasteiger partial charge in [0.05, 0.1) is 5.56 Å². The Hall–Kier alpha value is -2.74. The molecule has 1 N–H and O–H groups in total. The number of unbranched alkanes of at least 4 members (excludes halogenated alkanes) is 1. The molecular formula is C22H24FN3O3S. The Kier molecular flexibility index (Phi) is 7.20. The highest BCUT2D eigenvalue weighted by Crippen LogP contribution is 2.40. The molecule has 1 aliphatic rings.